The number of rotatable bonds is 5. The van der Waals surface area contributed by atoms with E-state index in [0.29, 0.717) is 6.04 Å². The predicted molar refractivity (Wildman–Crippen MR) is 71.7 cm³/mol. The Kier molecular flexibility index (Phi) is 3.95. The van der Waals surface area contributed by atoms with Gasteiger partial charge in [0.25, 0.3) is 0 Å². The Morgan fingerprint density at radius 3 is 2.71 bits per heavy atom. The van der Waals surface area contributed by atoms with Gasteiger partial charge < -0.3 is 10.1 Å². The van der Waals surface area contributed by atoms with Crippen molar-refractivity contribution in [3.8, 4) is 5.75 Å². The molecule has 1 fully saturated rings. The van der Waals surface area contributed by atoms with Gasteiger partial charge in [0.15, 0.2) is 0 Å². The number of hydrogen-bond acceptors (Lipinski definition) is 2. The van der Waals surface area contributed by atoms with Gasteiger partial charge in [-0.15, -0.1) is 0 Å². The monoisotopic (exact) mass is 253 g/mol. The molecule has 2 nitrogen and oxygen atoms in total. The molecule has 1 aliphatic carbocycles. The first kappa shape index (κ1) is 12.7. The summed E-state index contributed by atoms with van der Waals surface area (Å²) >= 11 is 6.34. The van der Waals surface area contributed by atoms with Crippen molar-refractivity contribution >= 4 is 11.6 Å². The molecule has 0 aromatic heterocycles. The summed E-state index contributed by atoms with van der Waals surface area (Å²) in [6, 6.07) is 6.35. The van der Waals surface area contributed by atoms with Gasteiger partial charge >= 0.3 is 0 Å². The fourth-order valence-corrected chi connectivity index (χ4v) is 2.70. The number of methoxy groups -OCH3 is 1. The van der Waals surface area contributed by atoms with E-state index < -0.39 is 0 Å². The van der Waals surface area contributed by atoms with Crippen molar-refractivity contribution in [2.75, 3.05) is 13.7 Å². The number of ether oxygens (including phenoxy) is 1. The lowest BCUT2D eigenvalue weighted by molar-refractivity contribution is 0.413. The molecule has 1 aromatic rings. The number of benzene rings is 1. The first-order valence-corrected chi connectivity index (χ1v) is 6.62. The Morgan fingerprint density at radius 1 is 1.53 bits per heavy atom. The Balaban J connectivity index is 2.23. The molecule has 0 radical (unpaired) electrons. The molecular weight excluding hydrogens is 234 g/mol. The Hall–Kier alpha value is -0.730. The maximum absolute atomic E-state index is 6.34. The standard InChI is InChI=1S/C14H20ClNO/c1-4-16-14(12-7-9(12)2)11-6-5-10(17-3)8-13(11)15/h5-6,8-9,12,14,16H,4,7H2,1-3H3. The first-order chi connectivity index (χ1) is 8.17. The van der Waals surface area contributed by atoms with Crippen LogP contribution in [0.4, 0.5) is 0 Å². The van der Waals surface area contributed by atoms with Crippen LogP contribution >= 0.6 is 11.6 Å². The second-order valence-corrected chi connectivity index (χ2v) is 5.21. The van der Waals surface area contributed by atoms with E-state index in [4.69, 9.17) is 16.3 Å². The van der Waals surface area contributed by atoms with Gasteiger partial charge in [0.05, 0.1) is 7.11 Å². The molecule has 0 bridgehead atoms. The maximum Gasteiger partial charge on any atom is 0.120 e. The van der Waals surface area contributed by atoms with Crippen molar-refractivity contribution in [2.45, 2.75) is 26.3 Å². The second-order valence-electron chi connectivity index (χ2n) is 4.80. The highest BCUT2D eigenvalue weighted by atomic mass is 35.5. The Morgan fingerprint density at radius 2 is 2.24 bits per heavy atom. The summed E-state index contributed by atoms with van der Waals surface area (Å²) in [6.45, 7) is 5.40. The number of hydrogen-bond donors (Lipinski definition) is 1. The lowest BCUT2D eigenvalue weighted by Gasteiger charge is -2.20. The molecule has 3 atom stereocenters. The quantitative estimate of drug-likeness (QED) is 0.865. The Labute approximate surface area is 108 Å². The van der Waals surface area contributed by atoms with Gasteiger partial charge in [0.1, 0.15) is 5.75 Å². The molecular formula is C14H20ClNO. The summed E-state index contributed by atoms with van der Waals surface area (Å²) in [5.41, 5.74) is 1.20. The molecule has 0 amide bonds. The molecule has 1 aromatic carbocycles. The van der Waals surface area contributed by atoms with Gasteiger partial charge in [0, 0.05) is 11.1 Å². The van der Waals surface area contributed by atoms with Crippen molar-refractivity contribution < 1.29 is 4.74 Å². The van der Waals surface area contributed by atoms with E-state index in [2.05, 4.69) is 25.2 Å². The average molecular weight is 254 g/mol. The topological polar surface area (TPSA) is 21.3 Å². The molecule has 2 rings (SSSR count). The second kappa shape index (κ2) is 5.28. The summed E-state index contributed by atoms with van der Waals surface area (Å²) < 4.78 is 5.18. The van der Waals surface area contributed by atoms with Crippen LogP contribution in [0.15, 0.2) is 18.2 Å². The fourth-order valence-electron chi connectivity index (χ4n) is 2.41. The minimum absolute atomic E-state index is 0.383. The highest BCUT2D eigenvalue weighted by Crippen LogP contribution is 2.48. The van der Waals surface area contributed by atoms with E-state index in [1.165, 1.54) is 12.0 Å². The average Bonchev–Trinajstić information content (AvgIpc) is 3.03. The highest BCUT2D eigenvalue weighted by molar-refractivity contribution is 6.31. The van der Waals surface area contributed by atoms with Gasteiger partial charge in [0.2, 0.25) is 0 Å². The third-order valence-electron chi connectivity index (χ3n) is 3.57. The molecule has 3 heteroatoms. The number of halogens is 1. The summed E-state index contributed by atoms with van der Waals surface area (Å²) in [5, 5.41) is 4.34. The van der Waals surface area contributed by atoms with E-state index in [9.17, 15) is 0 Å². The predicted octanol–water partition coefficient (Wildman–Crippen LogP) is 3.66. The molecule has 1 N–H and O–H groups in total. The molecule has 17 heavy (non-hydrogen) atoms. The molecule has 0 aliphatic heterocycles. The third kappa shape index (κ3) is 2.75. The van der Waals surface area contributed by atoms with Crippen LogP contribution in [0.2, 0.25) is 5.02 Å². The molecule has 3 unspecified atom stereocenters. The minimum Gasteiger partial charge on any atom is -0.497 e. The third-order valence-corrected chi connectivity index (χ3v) is 3.89. The Bertz CT molecular complexity index is 394. The largest absolute Gasteiger partial charge is 0.497 e. The summed E-state index contributed by atoms with van der Waals surface area (Å²) in [7, 11) is 1.66. The van der Waals surface area contributed by atoms with Crippen molar-refractivity contribution in [1.29, 1.82) is 0 Å². The summed E-state index contributed by atoms with van der Waals surface area (Å²) in [5.74, 6) is 2.34. The van der Waals surface area contributed by atoms with Crippen LogP contribution in [-0.4, -0.2) is 13.7 Å². The van der Waals surface area contributed by atoms with E-state index in [1.54, 1.807) is 7.11 Å². The molecule has 94 valence electrons. The fraction of sp³-hybridized carbons (Fsp3) is 0.571. The van der Waals surface area contributed by atoms with Gasteiger partial charge in [-0.25, -0.2) is 0 Å². The van der Waals surface area contributed by atoms with Gasteiger partial charge in [-0.2, -0.15) is 0 Å². The van der Waals surface area contributed by atoms with Crippen molar-refractivity contribution in [3.63, 3.8) is 0 Å². The van der Waals surface area contributed by atoms with Crippen LogP contribution in [-0.2, 0) is 0 Å². The maximum atomic E-state index is 6.34. The normalized spacial score (nSPS) is 24.5. The van der Waals surface area contributed by atoms with Gasteiger partial charge in [-0.3, -0.25) is 0 Å². The summed E-state index contributed by atoms with van der Waals surface area (Å²) in [6.07, 6.45) is 1.29. The number of nitrogens with one attached hydrogen (secondary N) is 1. The zero-order valence-corrected chi connectivity index (χ0v) is 11.4. The van der Waals surface area contributed by atoms with Crippen LogP contribution in [0.5, 0.6) is 5.75 Å². The smallest absolute Gasteiger partial charge is 0.120 e. The minimum atomic E-state index is 0.383. The SMILES string of the molecule is CCNC(c1ccc(OC)cc1Cl)C1CC1C. The van der Waals surface area contributed by atoms with Crippen LogP contribution in [0.25, 0.3) is 0 Å². The van der Waals surface area contributed by atoms with E-state index in [1.807, 2.05) is 12.1 Å². The zero-order chi connectivity index (χ0) is 12.4. The lowest BCUT2D eigenvalue weighted by Crippen LogP contribution is -2.23. The van der Waals surface area contributed by atoms with E-state index in [0.717, 1.165) is 29.2 Å². The van der Waals surface area contributed by atoms with Crippen LogP contribution in [0.3, 0.4) is 0 Å². The van der Waals surface area contributed by atoms with Crippen molar-refractivity contribution in [1.82, 2.24) is 5.32 Å². The highest BCUT2D eigenvalue weighted by Gasteiger charge is 2.40. The van der Waals surface area contributed by atoms with Gasteiger partial charge in [-0.1, -0.05) is 31.5 Å². The molecule has 1 aliphatic rings. The molecule has 0 spiro atoms. The molecule has 0 saturated heterocycles. The van der Waals surface area contributed by atoms with Gasteiger partial charge in [-0.05, 0) is 42.5 Å². The molecule has 0 heterocycles. The lowest BCUT2D eigenvalue weighted by atomic mass is 10.0. The van der Waals surface area contributed by atoms with Crippen molar-refractivity contribution in [2.24, 2.45) is 11.8 Å². The van der Waals surface area contributed by atoms with E-state index >= 15 is 0 Å². The zero-order valence-electron chi connectivity index (χ0n) is 10.7. The van der Waals surface area contributed by atoms with Crippen molar-refractivity contribution in [3.05, 3.63) is 28.8 Å². The van der Waals surface area contributed by atoms with Crippen LogP contribution in [0, 0.1) is 11.8 Å². The molecule has 1 saturated carbocycles. The van der Waals surface area contributed by atoms with Crippen LogP contribution in [0.1, 0.15) is 31.9 Å². The first-order valence-electron chi connectivity index (χ1n) is 6.24. The summed E-state index contributed by atoms with van der Waals surface area (Å²) in [4.78, 5) is 0. The van der Waals surface area contributed by atoms with E-state index in [-0.39, 0.29) is 0 Å². The van der Waals surface area contributed by atoms with Crippen LogP contribution < -0.4 is 10.1 Å².